The van der Waals surface area contributed by atoms with Gasteiger partial charge in [0.2, 0.25) is 0 Å². The molecule has 4 aliphatic rings. The fraction of sp³-hybridized carbons (Fsp3) is 0.500. The number of thiocarbonyl (C=S) groups is 1. The Bertz CT molecular complexity index is 1660. The third-order valence-electron chi connectivity index (χ3n) is 11.6. The summed E-state index contributed by atoms with van der Waals surface area (Å²) < 4.78 is 17.8. The fourth-order valence-electron chi connectivity index (χ4n) is 9.29. The molecule has 0 saturated heterocycles. The predicted molar refractivity (Wildman–Crippen MR) is 196 cm³/mol. The lowest BCUT2D eigenvalue weighted by atomic mass is 9.46. The summed E-state index contributed by atoms with van der Waals surface area (Å²) in [5.74, 6) is -0.813. The van der Waals surface area contributed by atoms with Gasteiger partial charge in [0.05, 0.1) is 11.6 Å². The number of benzene rings is 2. The zero-order valence-electron chi connectivity index (χ0n) is 28.9. The summed E-state index contributed by atoms with van der Waals surface area (Å²) in [5, 5.41) is -0.237. The van der Waals surface area contributed by atoms with E-state index in [2.05, 4.69) is 73.9 Å². The van der Waals surface area contributed by atoms with Gasteiger partial charge >= 0.3 is 17.9 Å². The SMILES string of the molecule is C=C1CC[C@@H]2[C@](C)(COC(C)=O)[C@H](OC(C)=O)CC[C@@]2(C)[C@@H]1C[C@H](SC(=S)N1CCc2ccccc2C1c1ccccc1)C1=CCOC1=O. The number of thioether (sulfide) groups is 1. The van der Waals surface area contributed by atoms with Gasteiger partial charge in [-0.25, -0.2) is 4.79 Å². The first kappa shape index (κ1) is 35.4. The number of esters is 3. The van der Waals surface area contributed by atoms with Crippen molar-refractivity contribution in [2.45, 2.75) is 83.6 Å². The van der Waals surface area contributed by atoms with Crippen LogP contribution in [-0.2, 0) is 35.0 Å². The molecule has 260 valence electrons. The van der Waals surface area contributed by atoms with E-state index in [0.29, 0.717) is 18.4 Å². The number of allylic oxidation sites excluding steroid dienone is 1. The van der Waals surface area contributed by atoms with Crippen molar-refractivity contribution in [1.29, 1.82) is 0 Å². The second kappa shape index (κ2) is 14.4. The van der Waals surface area contributed by atoms with E-state index in [-0.39, 0.29) is 65.8 Å². The van der Waals surface area contributed by atoms with E-state index < -0.39 is 5.41 Å². The number of hydrogen-bond donors (Lipinski definition) is 0. The smallest absolute Gasteiger partial charge is 0.335 e. The summed E-state index contributed by atoms with van der Waals surface area (Å²) >= 11 is 7.90. The van der Waals surface area contributed by atoms with Crippen molar-refractivity contribution in [3.8, 4) is 0 Å². The van der Waals surface area contributed by atoms with Crippen LogP contribution in [0.15, 0.2) is 78.4 Å². The number of hydrogen-bond acceptors (Lipinski definition) is 8. The molecule has 0 radical (unpaired) electrons. The van der Waals surface area contributed by atoms with Crippen LogP contribution in [0.25, 0.3) is 0 Å². The number of nitrogens with zero attached hydrogens (tertiary/aromatic N) is 1. The monoisotopic (exact) mass is 701 g/mol. The van der Waals surface area contributed by atoms with Gasteiger partial charge in [-0.2, -0.15) is 0 Å². The molecule has 7 atom stereocenters. The van der Waals surface area contributed by atoms with Crippen LogP contribution >= 0.6 is 24.0 Å². The molecule has 7 nitrogen and oxygen atoms in total. The Labute approximate surface area is 299 Å². The quantitative estimate of drug-likeness (QED) is 0.119. The van der Waals surface area contributed by atoms with Gasteiger partial charge in [0.25, 0.3) is 0 Å². The van der Waals surface area contributed by atoms with Gasteiger partial charge in [-0.3, -0.25) is 9.59 Å². The molecule has 9 heteroatoms. The molecule has 0 N–H and O–H groups in total. The molecule has 1 unspecified atom stereocenters. The summed E-state index contributed by atoms with van der Waals surface area (Å²) in [6, 6.07) is 19.1. The van der Waals surface area contributed by atoms with Gasteiger partial charge in [-0.15, -0.1) is 0 Å². The summed E-state index contributed by atoms with van der Waals surface area (Å²) in [7, 11) is 0. The van der Waals surface area contributed by atoms with Crippen molar-refractivity contribution in [3.05, 3.63) is 95.1 Å². The topological polar surface area (TPSA) is 82.1 Å². The molecule has 0 bridgehead atoms. The Morgan fingerprint density at radius 3 is 2.49 bits per heavy atom. The second-order valence-corrected chi connectivity index (χ2v) is 16.4. The third kappa shape index (κ3) is 6.98. The largest absolute Gasteiger partial charge is 0.465 e. The highest BCUT2D eigenvalue weighted by atomic mass is 32.2. The van der Waals surface area contributed by atoms with Crippen molar-refractivity contribution >= 4 is 46.2 Å². The maximum absolute atomic E-state index is 13.2. The van der Waals surface area contributed by atoms with Crippen LogP contribution in [0, 0.1) is 22.7 Å². The lowest BCUT2D eigenvalue weighted by Crippen LogP contribution is -2.59. The lowest BCUT2D eigenvalue weighted by Gasteiger charge is -2.60. The first-order valence-electron chi connectivity index (χ1n) is 17.4. The Hall–Kier alpha value is -3.43. The number of rotatable bonds is 8. The average molecular weight is 702 g/mol. The highest BCUT2D eigenvalue weighted by Gasteiger charge is 2.60. The lowest BCUT2D eigenvalue weighted by molar-refractivity contribution is -0.191. The third-order valence-corrected chi connectivity index (χ3v) is 13.3. The van der Waals surface area contributed by atoms with Crippen molar-refractivity contribution in [2.75, 3.05) is 19.8 Å². The standard InChI is InChI=1S/C40H47NO6S2/c1-25-15-16-34-39(4,20-17-35(47-27(3)43)40(34,5)24-46-26(2)42)32(25)23-33(31-19-22-45-37(31)44)49-38(48)41-21-18-28-11-9-10-14-30(28)36(41)29-12-7-6-8-13-29/h6-14,19,32-36H,1,15-18,20-24H2,2-5H3/t32-,33+,34+,35-,36?,39+,40+/m1/s1. The predicted octanol–water partition coefficient (Wildman–Crippen LogP) is 7.78. The average Bonchev–Trinajstić information content (AvgIpc) is 3.51. The Kier molecular flexibility index (Phi) is 10.4. The number of ether oxygens (including phenoxy) is 3. The van der Waals surface area contributed by atoms with E-state index in [1.165, 1.54) is 30.5 Å². The summed E-state index contributed by atoms with van der Waals surface area (Å²) in [6.45, 7) is 13.1. The van der Waals surface area contributed by atoms with Gasteiger partial charge in [0.1, 0.15) is 23.6 Å². The summed E-state index contributed by atoms with van der Waals surface area (Å²) in [5.41, 5.74) is 4.79. The van der Waals surface area contributed by atoms with Crippen LogP contribution in [0.3, 0.4) is 0 Å². The minimum Gasteiger partial charge on any atom is -0.465 e. The molecule has 2 aliphatic heterocycles. The molecule has 2 aromatic carbocycles. The molecule has 2 saturated carbocycles. The van der Waals surface area contributed by atoms with Crippen LogP contribution in [0.5, 0.6) is 0 Å². The molecule has 2 aliphatic carbocycles. The van der Waals surface area contributed by atoms with Crippen LogP contribution in [0.2, 0.25) is 0 Å². The number of fused-ring (bicyclic) bond motifs is 2. The second-order valence-electron chi connectivity index (χ2n) is 14.6. The van der Waals surface area contributed by atoms with E-state index in [0.717, 1.165) is 42.1 Å². The fourth-order valence-corrected chi connectivity index (χ4v) is 11.0. The van der Waals surface area contributed by atoms with Gasteiger partial charge in [0, 0.05) is 31.1 Å². The molecule has 6 rings (SSSR count). The van der Waals surface area contributed by atoms with Crippen molar-refractivity contribution < 1.29 is 28.6 Å². The van der Waals surface area contributed by atoms with Crippen LogP contribution in [0.4, 0.5) is 0 Å². The molecule has 0 spiro atoms. The molecule has 49 heavy (non-hydrogen) atoms. The van der Waals surface area contributed by atoms with Gasteiger partial charge < -0.3 is 19.1 Å². The van der Waals surface area contributed by atoms with E-state index in [9.17, 15) is 14.4 Å². The first-order chi connectivity index (χ1) is 23.4. The minimum absolute atomic E-state index is 0.0265. The normalized spacial score (nSPS) is 30.0. The van der Waals surface area contributed by atoms with Crippen molar-refractivity contribution in [3.63, 3.8) is 0 Å². The van der Waals surface area contributed by atoms with E-state index >= 15 is 0 Å². The molecule has 0 aromatic heterocycles. The molecule has 2 aromatic rings. The van der Waals surface area contributed by atoms with Gasteiger partial charge in [0.15, 0.2) is 0 Å². The van der Waals surface area contributed by atoms with Crippen molar-refractivity contribution in [1.82, 2.24) is 4.90 Å². The maximum atomic E-state index is 13.2. The number of cyclic esters (lactones) is 1. The van der Waals surface area contributed by atoms with E-state index in [4.69, 9.17) is 26.4 Å². The van der Waals surface area contributed by atoms with Crippen LogP contribution in [-0.4, -0.2) is 58.2 Å². The summed E-state index contributed by atoms with van der Waals surface area (Å²) in [6.07, 6.45) is 6.23. The zero-order chi connectivity index (χ0) is 34.9. The van der Waals surface area contributed by atoms with Crippen molar-refractivity contribution in [2.24, 2.45) is 22.7 Å². The highest BCUT2D eigenvalue weighted by Crippen LogP contribution is 2.63. The zero-order valence-corrected chi connectivity index (χ0v) is 30.6. The van der Waals surface area contributed by atoms with Crippen LogP contribution in [0.1, 0.15) is 82.5 Å². The molecule has 2 fully saturated rings. The number of carbonyl (C=O) groups excluding carboxylic acids is 3. The Balaban J connectivity index is 1.32. The summed E-state index contributed by atoms with van der Waals surface area (Å²) in [4.78, 5) is 39.8. The molecule has 0 amide bonds. The Morgan fingerprint density at radius 1 is 1.06 bits per heavy atom. The maximum Gasteiger partial charge on any atom is 0.335 e. The Morgan fingerprint density at radius 2 is 1.80 bits per heavy atom. The first-order valence-corrected chi connectivity index (χ1v) is 18.7. The van der Waals surface area contributed by atoms with Crippen LogP contribution < -0.4 is 0 Å². The van der Waals surface area contributed by atoms with Gasteiger partial charge in [-0.1, -0.05) is 105 Å². The molecule has 2 heterocycles. The van der Waals surface area contributed by atoms with Gasteiger partial charge in [-0.05, 0) is 78.5 Å². The minimum atomic E-state index is -0.573. The number of carbonyl (C=O) groups is 3. The molecular weight excluding hydrogens is 655 g/mol. The van der Waals surface area contributed by atoms with E-state index in [1.807, 2.05) is 12.1 Å². The van der Waals surface area contributed by atoms with E-state index in [1.54, 1.807) is 11.8 Å². The molecular formula is C40H47NO6S2. The highest BCUT2D eigenvalue weighted by molar-refractivity contribution is 8.23.